The predicted molar refractivity (Wildman–Crippen MR) is 87.5 cm³/mol. The Kier molecular flexibility index (Phi) is 4.87. The zero-order chi connectivity index (χ0) is 16.1. The molecule has 0 saturated heterocycles. The number of benzene rings is 1. The van der Waals surface area contributed by atoms with E-state index in [1.54, 1.807) is 0 Å². The Morgan fingerprint density at radius 3 is 2.57 bits per heavy atom. The van der Waals surface area contributed by atoms with Gasteiger partial charge in [-0.1, -0.05) is 21.1 Å². The molecule has 0 aliphatic heterocycles. The van der Waals surface area contributed by atoms with Gasteiger partial charge < -0.3 is 10.3 Å². The highest BCUT2D eigenvalue weighted by atomic mass is 79.9. The van der Waals surface area contributed by atoms with Crippen molar-refractivity contribution in [2.45, 2.75) is 29.7 Å². The van der Waals surface area contributed by atoms with Crippen molar-refractivity contribution in [1.82, 2.24) is 10.1 Å². The average molecular weight is 427 g/mol. The van der Waals surface area contributed by atoms with Gasteiger partial charge >= 0.3 is 0 Å². The third-order valence-corrected chi connectivity index (χ3v) is 5.30. The van der Waals surface area contributed by atoms with Crippen LogP contribution in [0.5, 0.6) is 0 Å². The van der Waals surface area contributed by atoms with E-state index in [4.69, 9.17) is 10.3 Å². The van der Waals surface area contributed by atoms with E-state index in [9.17, 15) is 12.8 Å². The minimum atomic E-state index is -3.72. The van der Waals surface area contributed by atoms with Crippen molar-refractivity contribution in [2.75, 3.05) is 6.26 Å². The maximum absolute atomic E-state index is 14.5. The highest BCUT2D eigenvalue weighted by Crippen LogP contribution is 2.38. The predicted octanol–water partition coefficient (Wildman–Crippen LogP) is 2.80. The number of hydrogen-bond acceptors (Lipinski definition) is 6. The summed E-state index contributed by atoms with van der Waals surface area (Å²) in [5.74, 6) is -0.690. The van der Waals surface area contributed by atoms with Crippen LogP contribution in [0.25, 0.3) is 11.5 Å². The van der Waals surface area contributed by atoms with Gasteiger partial charge in [0.05, 0.1) is 11.1 Å². The van der Waals surface area contributed by atoms with Crippen LogP contribution >= 0.6 is 28.3 Å². The Labute approximate surface area is 147 Å². The standard InChI is InChI=1S/C13H13BrFN3O3S.ClH/c1-22(19,20)9-6-7(14)5-8(10(9)15)11-17-12(18-21-11)13(16)3-2-4-13;/h5-6H,2-4,16H2,1H3;1H. The first-order valence-corrected chi connectivity index (χ1v) is 9.22. The summed E-state index contributed by atoms with van der Waals surface area (Å²) in [4.78, 5) is 3.71. The van der Waals surface area contributed by atoms with Crippen LogP contribution in [0.2, 0.25) is 0 Å². The van der Waals surface area contributed by atoms with Crippen LogP contribution in [0.3, 0.4) is 0 Å². The lowest BCUT2D eigenvalue weighted by Crippen LogP contribution is -2.44. The van der Waals surface area contributed by atoms with Gasteiger partial charge in [0.2, 0.25) is 0 Å². The molecule has 1 fully saturated rings. The monoisotopic (exact) mass is 425 g/mol. The summed E-state index contributed by atoms with van der Waals surface area (Å²) in [5.41, 5.74) is 5.39. The van der Waals surface area contributed by atoms with Gasteiger partial charge in [-0.15, -0.1) is 12.4 Å². The molecule has 0 atom stereocenters. The van der Waals surface area contributed by atoms with E-state index >= 15 is 0 Å². The molecular formula is C13H14BrClFN3O3S. The normalized spacial score (nSPS) is 16.5. The molecule has 10 heteroatoms. The number of halogens is 3. The van der Waals surface area contributed by atoms with Crippen LogP contribution < -0.4 is 5.73 Å². The quantitative estimate of drug-likeness (QED) is 0.810. The van der Waals surface area contributed by atoms with Crippen molar-refractivity contribution >= 4 is 38.2 Å². The van der Waals surface area contributed by atoms with Crippen molar-refractivity contribution in [1.29, 1.82) is 0 Å². The molecule has 1 aliphatic carbocycles. The minimum absolute atomic E-state index is 0. The SMILES string of the molecule is CS(=O)(=O)c1cc(Br)cc(-c2nc(C3(N)CCC3)no2)c1F.Cl. The lowest BCUT2D eigenvalue weighted by Gasteiger charge is -2.34. The average Bonchev–Trinajstić information content (AvgIpc) is 2.86. The Bertz CT molecular complexity index is 852. The zero-order valence-electron chi connectivity index (χ0n) is 12.0. The summed E-state index contributed by atoms with van der Waals surface area (Å²) in [7, 11) is -3.72. The van der Waals surface area contributed by atoms with E-state index in [1.807, 2.05) is 0 Å². The fourth-order valence-electron chi connectivity index (χ4n) is 2.31. The fourth-order valence-corrected chi connectivity index (χ4v) is 3.69. The van der Waals surface area contributed by atoms with Gasteiger partial charge in [-0.05, 0) is 31.4 Å². The van der Waals surface area contributed by atoms with Gasteiger partial charge in [-0.3, -0.25) is 0 Å². The van der Waals surface area contributed by atoms with Crippen LogP contribution in [-0.2, 0) is 15.4 Å². The summed E-state index contributed by atoms with van der Waals surface area (Å²) in [6.45, 7) is 0. The number of sulfone groups is 1. The van der Waals surface area contributed by atoms with Crippen LogP contribution in [0, 0.1) is 5.82 Å². The highest BCUT2D eigenvalue weighted by molar-refractivity contribution is 9.10. The molecule has 126 valence electrons. The molecule has 2 N–H and O–H groups in total. The largest absolute Gasteiger partial charge is 0.334 e. The van der Waals surface area contributed by atoms with Gasteiger partial charge in [-0.2, -0.15) is 4.98 Å². The second-order valence-corrected chi connectivity index (χ2v) is 8.37. The van der Waals surface area contributed by atoms with Gasteiger partial charge in [0, 0.05) is 10.7 Å². The van der Waals surface area contributed by atoms with E-state index < -0.39 is 26.1 Å². The van der Waals surface area contributed by atoms with Crippen molar-refractivity contribution < 1.29 is 17.3 Å². The summed E-state index contributed by atoms with van der Waals surface area (Å²) < 4.78 is 43.3. The Hall–Kier alpha value is -1.03. The Morgan fingerprint density at radius 2 is 2.04 bits per heavy atom. The molecule has 1 aromatic carbocycles. The number of nitrogens with two attached hydrogens (primary N) is 1. The zero-order valence-corrected chi connectivity index (χ0v) is 15.3. The van der Waals surface area contributed by atoms with Crippen LogP contribution in [0.15, 0.2) is 26.0 Å². The molecule has 0 radical (unpaired) electrons. The summed E-state index contributed by atoms with van der Waals surface area (Å²) in [5, 5.41) is 3.81. The molecule has 0 spiro atoms. The molecule has 1 aromatic heterocycles. The summed E-state index contributed by atoms with van der Waals surface area (Å²) in [6, 6.07) is 2.59. The Balaban J connectivity index is 0.00000192. The van der Waals surface area contributed by atoms with Crippen LogP contribution in [0.1, 0.15) is 25.1 Å². The molecule has 23 heavy (non-hydrogen) atoms. The smallest absolute Gasteiger partial charge is 0.261 e. The third-order valence-electron chi connectivity index (χ3n) is 3.75. The lowest BCUT2D eigenvalue weighted by molar-refractivity contribution is 0.229. The van der Waals surface area contributed by atoms with Gasteiger partial charge in [0.25, 0.3) is 5.89 Å². The summed E-state index contributed by atoms with van der Waals surface area (Å²) in [6.07, 6.45) is 3.39. The molecule has 1 saturated carbocycles. The molecule has 2 aromatic rings. The first-order chi connectivity index (χ1) is 10.2. The first-order valence-electron chi connectivity index (χ1n) is 6.53. The second kappa shape index (κ2) is 6.12. The Morgan fingerprint density at radius 1 is 1.39 bits per heavy atom. The van der Waals surface area contributed by atoms with E-state index in [2.05, 4.69) is 26.1 Å². The molecule has 0 unspecified atom stereocenters. The van der Waals surface area contributed by atoms with E-state index in [0.717, 1.165) is 25.5 Å². The molecule has 0 amide bonds. The first kappa shape index (κ1) is 18.3. The van der Waals surface area contributed by atoms with Crippen molar-refractivity contribution in [3.05, 3.63) is 28.2 Å². The highest BCUT2D eigenvalue weighted by Gasteiger charge is 2.39. The topological polar surface area (TPSA) is 99.1 Å². The van der Waals surface area contributed by atoms with Gasteiger partial charge in [-0.25, -0.2) is 12.8 Å². The third kappa shape index (κ3) is 3.28. The second-order valence-electron chi connectivity index (χ2n) is 5.47. The molecule has 3 rings (SSSR count). The fraction of sp³-hybridized carbons (Fsp3) is 0.385. The molecule has 1 aliphatic rings. The molecule has 6 nitrogen and oxygen atoms in total. The van der Waals surface area contributed by atoms with E-state index in [1.165, 1.54) is 12.1 Å². The van der Waals surface area contributed by atoms with Crippen molar-refractivity contribution in [3.63, 3.8) is 0 Å². The minimum Gasteiger partial charge on any atom is -0.334 e. The van der Waals surface area contributed by atoms with E-state index in [-0.39, 0.29) is 23.9 Å². The number of aromatic nitrogens is 2. The van der Waals surface area contributed by atoms with Crippen molar-refractivity contribution in [2.24, 2.45) is 5.73 Å². The van der Waals surface area contributed by atoms with Crippen LogP contribution in [-0.4, -0.2) is 24.8 Å². The van der Waals surface area contributed by atoms with E-state index in [0.29, 0.717) is 10.3 Å². The summed E-state index contributed by atoms with van der Waals surface area (Å²) >= 11 is 3.16. The lowest BCUT2D eigenvalue weighted by atomic mass is 9.77. The number of rotatable bonds is 3. The maximum atomic E-state index is 14.5. The molecule has 0 bridgehead atoms. The van der Waals surface area contributed by atoms with Crippen molar-refractivity contribution in [3.8, 4) is 11.5 Å². The molecular weight excluding hydrogens is 413 g/mol. The van der Waals surface area contributed by atoms with Crippen LogP contribution in [0.4, 0.5) is 4.39 Å². The number of hydrogen-bond donors (Lipinski definition) is 1. The molecule has 1 heterocycles. The number of nitrogens with zero attached hydrogens (tertiary/aromatic N) is 2. The van der Waals surface area contributed by atoms with Gasteiger partial charge in [0.1, 0.15) is 4.90 Å². The maximum Gasteiger partial charge on any atom is 0.261 e. The van der Waals surface area contributed by atoms with Gasteiger partial charge in [0.15, 0.2) is 21.5 Å².